The summed E-state index contributed by atoms with van der Waals surface area (Å²) in [6.45, 7) is 4.04. The predicted molar refractivity (Wildman–Crippen MR) is 79.5 cm³/mol. The number of esters is 1. The molecule has 0 spiro atoms. The van der Waals surface area contributed by atoms with Crippen molar-refractivity contribution < 1.29 is 18.8 Å². The van der Waals surface area contributed by atoms with Crippen molar-refractivity contribution in [2.45, 2.75) is 32.8 Å². The van der Waals surface area contributed by atoms with E-state index in [1.807, 2.05) is 19.2 Å². The Bertz CT molecular complexity index is 622. The summed E-state index contributed by atoms with van der Waals surface area (Å²) in [5, 5.41) is 8.25. The fourth-order valence-electron chi connectivity index (χ4n) is 1.55. The van der Waals surface area contributed by atoms with Gasteiger partial charge in [0.2, 0.25) is 0 Å². The molecule has 0 unspecified atom stereocenters. The van der Waals surface area contributed by atoms with E-state index in [9.17, 15) is 9.59 Å². The molecule has 0 saturated carbocycles. The molecule has 2 rings (SSSR count). The lowest BCUT2D eigenvalue weighted by Crippen LogP contribution is -2.25. The SMILES string of the molecule is CC(C)c1noc(COC(=O)CCNC(=O)c2cccs2)n1. The first-order valence-electron chi connectivity index (χ1n) is 6.86. The summed E-state index contributed by atoms with van der Waals surface area (Å²) in [5.41, 5.74) is 0. The fourth-order valence-corrected chi connectivity index (χ4v) is 2.19. The van der Waals surface area contributed by atoms with Gasteiger partial charge in [-0.1, -0.05) is 25.1 Å². The Morgan fingerprint density at radius 1 is 1.45 bits per heavy atom. The molecular formula is C14H17N3O4S. The molecule has 0 radical (unpaired) electrons. The standard InChI is InChI=1S/C14H17N3O4S/c1-9(2)13-16-11(21-17-13)8-20-12(18)5-6-15-14(19)10-4-3-7-22-10/h3-4,7,9H,5-6,8H2,1-2H3,(H,15,19). The molecule has 7 nitrogen and oxygen atoms in total. The zero-order chi connectivity index (χ0) is 15.9. The molecule has 8 heteroatoms. The third-order valence-corrected chi connectivity index (χ3v) is 3.59. The zero-order valence-corrected chi connectivity index (χ0v) is 13.2. The summed E-state index contributed by atoms with van der Waals surface area (Å²) in [4.78, 5) is 27.9. The van der Waals surface area contributed by atoms with Crippen molar-refractivity contribution in [1.82, 2.24) is 15.5 Å². The summed E-state index contributed by atoms with van der Waals surface area (Å²) in [5.74, 6) is 0.367. The van der Waals surface area contributed by atoms with Gasteiger partial charge in [0.15, 0.2) is 12.4 Å². The minimum Gasteiger partial charge on any atom is -0.456 e. The third-order valence-electron chi connectivity index (χ3n) is 2.72. The number of amides is 1. The van der Waals surface area contributed by atoms with Crippen molar-refractivity contribution >= 4 is 23.2 Å². The minimum absolute atomic E-state index is 0.0581. The highest BCUT2D eigenvalue weighted by atomic mass is 32.1. The lowest BCUT2D eigenvalue weighted by atomic mass is 10.2. The van der Waals surface area contributed by atoms with Crippen LogP contribution in [0.25, 0.3) is 0 Å². The second-order valence-corrected chi connectivity index (χ2v) is 5.79. The van der Waals surface area contributed by atoms with E-state index in [0.717, 1.165) is 0 Å². The van der Waals surface area contributed by atoms with Gasteiger partial charge in [-0.15, -0.1) is 11.3 Å². The van der Waals surface area contributed by atoms with Crippen molar-refractivity contribution in [1.29, 1.82) is 0 Å². The number of rotatable bonds is 7. The number of aromatic nitrogens is 2. The van der Waals surface area contributed by atoms with Crippen LogP contribution in [0.3, 0.4) is 0 Å². The maximum atomic E-state index is 11.6. The quantitative estimate of drug-likeness (QED) is 0.784. The topological polar surface area (TPSA) is 94.3 Å². The van der Waals surface area contributed by atoms with Crippen molar-refractivity contribution in [2.75, 3.05) is 6.54 Å². The Balaban J connectivity index is 1.66. The van der Waals surface area contributed by atoms with E-state index in [1.165, 1.54) is 11.3 Å². The first-order valence-corrected chi connectivity index (χ1v) is 7.74. The summed E-state index contributed by atoms with van der Waals surface area (Å²) in [6.07, 6.45) is 0.0856. The van der Waals surface area contributed by atoms with Gasteiger partial charge >= 0.3 is 5.97 Å². The predicted octanol–water partition coefficient (Wildman–Crippen LogP) is 2.12. The number of ether oxygens (including phenoxy) is 1. The molecule has 2 aromatic heterocycles. The van der Waals surface area contributed by atoms with Crippen LogP contribution in [0.2, 0.25) is 0 Å². The van der Waals surface area contributed by atoms with Crippen LogP contribution >= 0.6 is 11.3 Å². The Morgan fingerprint density at radius 3 is 2.91 bits per heavy atom. The second kappa shape index (κ2) is 7.69. The van der Waals surface area contributed by atoms with E-state index in [2.05, 4.69) is 15.5 Å². The fraction of sp³-hybridized carbons (Fsp3) is 0.429. The van der Waals surface area contributed by atoms with Gasteiger partial charge < -0.3 is 14.6 Å². The van der Waals surface area contributed by atoms with E-state index in [-0.39, 0.29) is 37.3 Å². The molecule has 0 fully saturated rings. The number of hydrogen-bond donors (Lipinski definition) is 1. The Labute approximate surface area is 131 Å². The van der Waals surface area contributed by atoms with E-state index >= 15 is 0 Å². The van der Waals surface area contributed by atoms with E-state index in [4.69, 9.17) is 9.26 Å². The van der Waals surface area contributed by atoms with Gasteiger partial charge in [0, 0.05) is 12.5 Å². The van der Waals surface area contributed by atoms with Crippen LogP contribution in [0.15, 0.2) is 22.0 Å². The van der Waals surface area contributed by atoms with Crippen LogP contribution in [-0.4, -0.2) is 28.6 Å². The highest BCUT2D eigenvalue weighted by Crippen LogP contribution is 2.10. The molecule has 0 aliphatic rings. The molecule has 0 aliphatic carbocycles. The van der Waals surface area contributed by atoms with Gasteiger partial charge in [0.1, 0.15) is 0 Å². The molecule has 118 valence electrons. The Morgan fingerprint density at radius 2 is 2.27 bits per heavy atom. The highest BCUT2D eigenvalue weighted by Gasteiger charge is 2.12. The van der Waals surface area contributed by atoms with E-state index in [0.29, 0.717) is 10.7 Å². The minimum atomic E-state index is -0.434. The monoisotopic (exact) mass is 323 g/mol. The number of nitrogens with zero attached hydrogens (tertiary/aromatic N) is 2. The molecule has 0 aromatic carbocycles. The molecule has 2 aromatic rings. The van der Waals surface area contributed by atoms with Gasteiger partial charge in [-0.25, -0.2) is 0 Å². The highest BCUT2D eigenvalue weighted by molar-refractivity contribution is 7.12. The molecule has 22 heavy (non-hydrogen) atoms. The molecule has 1 N–H and O–H groups in total. The first kappa shape index (κ1) is 16.2. The molecular weight excluding hydrogens is 306 g/mol. The van der Waals surface area contributed by atoms with E-state index in [1.54, 1.807) is 12.1 Å². The summed E-state index contributed by atoms with van der Waals surface area (Å²) < 4.78 is 9.97. The van der Waals surface area contributed by atoms with Gasteiger partial charge in [-0.3, -0.25) is 9.59 Å². The largest absolute Gasteiger partial charge is 0.456 e. The van der Waals surface area contributed by atoms with Crippen LogP contribution < -0.4 is 5.32 Å². The van der Waals surface area contributed by atoms with Crippen LogP contribution in [-0.2, 0) is 16.1 Å². The van der Waals surface area contributed by atoms with Crippen molar-refractivity contribution in [3.05, 3.63) is 34.1 Å². The van der Waals surface area contributed by atoms with Gasteiger partial charge in [-0.2, -0.15) is 4.98 Å². The molecule has 0 aliphatic heterocycles. The number of thiophene rings is 1. The molecule has 0 atom stereocenters. The van der Waals surface area contributed by atoms with Crippen LogP contribution in [0, 0.1) is 0 Å². The van der Waals surface area contributed by atoms with Crippen LogP contribution in [0.5, 0.6) is 0 Å². The summed E-state index contributed by atoms with van der Waals surface area (Å²) in [6, 6.07) is 3.52. The van der Waals surface area contributed by atoms with E-state index < -0.39 is 5.97 Å². The zero-order valence-electron chi connectivity index (χ0n) is 12.4. The smallest absolute Gasteiger partial charge is 0.308 e. The molecule has 1 amide bonds. The number of carbonyl (C=O) groups excluding carboxylic acids is 2. The van der Waals surface area contributed by atoms with Crippen molar-refractivity contribution in [3.63, 3.8) is 0 Å². The molecule has 0 saturated heterocycles. The average molecular weight is 323 g/mol. The van der Waals surface area contributed by atoms with Crippen molar-refractivity contribution in [2.24, 2.45) is 0 Å². The lowest BCUT2D eigenvalue weighted by molar-refractivity contribution is -0.145. The second-order valence-electron chi connectivity index (χ2n) is 4.84. The van der Waals surface area contributed by atoms with Gasteiger partial charge in [0.05, 0.1) is 11.3 Å². The molecule has 0 bridgehead atoms. The van der Waals surface area contributed by atoms with Crippen LogP contribution in [0.1, 0.15) is 47.6 Å². The maximum Gasteiger partial charge on any atom is 0.308 e. The number of nitrogens with one attached hydrogen (secondary N) is 1. The van der Waals surface area contributed by atoms with Crippen molar-refractivity contribution in [3.8, 4) is 0 Å². The first-order chi connectivity index (χ1) is 10.6. The Kier molecular flexibility index (Phi) is 5.65. The van der Waals surface area contributed by atoms with Crippen LogP contribution in [0.4, 0.5) is 0 Å². The molecule has 2 heterocycles. The Hall–Kier alpha value is -2.22. The summed E-state index contributed by atoms with van der Waals surface area (Å²) >= 11 is 1.35. The normalized spacial score (nSPS) is 10.7. The van der Waals surface area contributed by atoms with Gasteiger partial charge in [0.25, 0.3) is 11.8 Å². The lowest BCUT2D eigenvalue weighted by Gasteiger charge is -2.03. The third kappa shape index (κ3) is 4.66. The summed E-state index contributed by atoms with van der Waals surface area (Å²) in [7, 11) is 0. The number of carbonyl (C=O) groups is 2. The maximum absolute atomic E-state index is 11.6. The average Bonchev–Trinajstić information content (AvgIpc) is 3.16. The number of hydrogen-bond acceptors (Lipinski definition) is 7. The van der Waals surface area contributed by atoms with Gasteiger partial charge in [-0.05, 0) is 11.4 Å².